The number of rotatable bonds is 5. The van der Waals surface area contributed by atoms with E-state index in [2.05, 4.69) is 20.9 Å². The van der Waals surface area contributed by atoms with Crippen molar-refractivity contribution >= 4 is 5.91 Å². The van der Waals surface area contributed by atoms with Crippen LogP contribution in [-0.4, -0.2) is 57.4 Å². The van der Waals surface area contributed by atoms with Gasteiger partial charge in [-0.25, -0.2) is 4.98 Å². The first-order valence-electron chi connectivity index (χ1n) is 11.3. The molecule has 2 aromatic heterocycles. The van der Waals surface area contributed by atoms with Crippen molar-refractivity contribution in [2.24, 2.45) is 0 Å². The van der Waals surface area contributed by atoms with Crippen LogP contribution >= 0.6 is 0 Å². The van der Waals surface area contributed by atoms with Crippen LogP contribution in [0, 0.1) is 0 Å². The van der Waals surface area contributed by atoms with E-state index in [0.29, 0.717) is 37.4 Å². The molecule has 1 N–H and O–H groups in total. The van der Waals surface area contributed by atoms with Crippen LogP contribution in [0.3, 0.4) is 0 Å². The number of nitrogens with zero attached hydrogens (tertiary/aromatic N) is 4. The van der Waals surface area contributed by atoms with Crippen LogP contribution < -0.4 is 10.3 Å². The fraction of sp³-hybridized carbons (Fsp3) is 0.360. The van der Waals surface area contributed by atoms with Crippen molar-refractivity contribution in [1.82, 2.24) is 24.8 Å². The molecule has 1 fully saturated rings. The number of amides is 1. The van der Waals surface area contributed by atoms with Crippen LogP contribution in [0.15, 0.2) is 53.6 Å². The Balaban J connectivity index is 1.32. The number of fused-ring (bicyclic) bond motifs is 1. The predicted molar refractivity (Wildman–Crippen MR) is 123 cm³/mol. The number of H-pyrrole nitrogens is 1. The maximum absolute atomic E-state index is 12.8. The van der Waals surface area contributed by atoms with Crippen LogP contribution in [0.2, 0.25) is 0 Å². The van der Waals surface area contributed by atoms with Gasteiger partial charge in [0.05, 0.1) is 18.4 Å². The third kappa shape index (κ3) is 4.39. The largest absolute Gasteiger partial charge is 0.496 e. The summed E-state index contributed by atoms with van der Waals surface area (Å²) in [6.45, 7) is 3.34. The Morgan fingerprint density at radius 1 is 1.21 bits per heavy atom. The van der Waals surface area contributed by atoms with Crippen molar-refractivity contribution < 1.29 is 9.53 Å². The minimum atomic E-state index is -0.0519. The van der Waals surface area contributed by atoms with Gasteiger partial charge in [-0.1, -0.05) is 18.2 Å². The van der Waals surface area contributed by atoms with E-state index in [0.717, 1.165) is 42.1 Å². The molecule has 0 saturated carbocycles. The molecule has 170 valence electrons. The molecule has 5 rings (SSSR count). The van der Waals surface area contributed by atoms with E-state index in [1.54, 1.807) is 31.6 Å². The van der Waals surface area contributed by atoms with Gasteiger partial charge in [0, 0.05) is 62.2 Å². The molecule has 0 bridgehead atoms. The molecule has 1 amide bonds. The summed E-state index contributed by atoms with van der Waals surface area (Å²) in [5.74, 6) is 1.54. The molecule has 8 heteroatoms. The van der Waals surface area contributed by atoms with Crippen molar-refractivity contribution in [3.8, 4) is 5.75 Å². The summed E-state index contributed by atoms with van der Waals surface area (Å²) in [6, 6.07) is 11.5. The zero-order valence-corrected chi connectivity index (χ0v) is 18.7. The maximum Gasteiger partial charge on any atom is 0.255 e. The van der Waals surface area contributed by atoms with Crippen molar-refractivity contribution in [3.63, 3.8) is 0 Å². The highest BCUT2D eigenvalue weighted by Crippen LogP contribution is 2.27. The third-order valence-corrected chi connectivity index (χ3v) is 6.53. The Kier molecular flexibility index (Phi) is 5.92. The van der Waals surface area contributed by atoms with Crippen molar-refractivity contribution in [2.45, 2.75) is 31.8 Å². The molecule has 0 radical (unpaired) electrons. The van der Waals surface area contributed by atoms with Crippen LogP contribution in [-0.2, 0) is 19.5 Å². The molecule has 8 nitrogen and oxygen atoms in total. The normalized spacial score (nSPS) is 18.2. The zero-order chi connectivity index (χ0) is 22.8. The second-order valence-electron chi connectivity index (χ2n) is 8.63. The van der Waals surface area contributed by atoms with E-state index in [-0.39, 0.29) is 17.4 Å². The quantitative estimate of drug-likeness (QED) is 0.648. The number of aromatic nitrogens is 3. The number of carbonyl (C=O) groups is 1. The molecular formula is C25H27N5O3. The molecule has 1 unspecified atom stereocenters. The molecule has 2 aliphatic heterocycles. The van der Waals surface area contributed by atoms with E-state index in [4.69, 9.17) is 9.72 Å². The summed E-state index contributed by atoms with van der Waals surface area (Å²) in [5, 5.41) is 0. The fourth-order valence-electron chi connectivity index (χ4n) is 4.76. The number of benzene rings is 1. The Morgan fingerprint density at radius 2 is 2.09 bits per heavy atom. The molecule has 0 spiro atoms. The maximum atomic E-state index is 12.8. The highest BCUT2D eigenvalue weighted by Gasteiger charge is 2.31. The summed E-state index contributed by atoms with van der Waals surface area (Å²) < 4.78 is 5.49. The smallest absolute Gasteiger partial charge is 0.255 e. The Labute approximate surface area is 192 Å². The predicted octanol–water partition coefficient (Wildman–Crippen LogP) is 2.36. The van der Waals surface area contributed by atoms with Gasteiger partial charge in [0.15, 0.2) is 0 Å². The van der Waals surface area contributed by atoms with Crippen LogP contribution in [0.1, 0.15) is 45.3 Å². The van der Waals surface area contributed by atoms with E-state index < -0.39 is 0 Å². The van der Waals surface area contributed by atoms with Gasteiger partial charge in [0.2, 0.25) is 0 Å². The average molecular weight is 446 g/mol. The topological polar surface area (TPSA) is 91.4 Å². The third-order valence-electron chi connectivity index (χ3n) is 6.53. The first-order chi connectivity index (χ1) is 16.1. The number of nitrogens with one attached hydrogen (secondary N) is 1. The molecule has 33 heavy (non-hydrogen) atoms. The average Bonchev–Trinajstić information content (AvgIpc) is 3.35. The summed E-state index contributed by atoms with van der Waals surface area (Å²) >= 11 is 0. The van der Waals surface area contributed by atoms with E-state index in [1.165, 1.54) is 0 Å². The summed E-state index contributed by atoms with van der Waals surface area (Å²) in [4.78, 5) is 41.6. The lowest BCUT2D eigenvalue weighted by molar-refractivity contribution is 0.0790. The molecule has 3 aromatic rings. The van der Waals surface area contributed by atoms with Gasteiger partial charge in [-0.05, 0) is 31.0 Å². The second kappa shape index (κ2) is 9.15. The van der Waals surface area contributed by atoms with Crippen LogP contribution in [0.5, 0.6) is 5.75 Å². The minimum absolute atomic E-state index is 0.0215. The first-order valence-corrected chi connectivity index (χ1v) is 11.3. The van der Waals surface area contributed by atoms with Crippen molar-refractivity contribution in [3.05, 3.63) is 87.4 Å². The molecule has 1 atom stereocenters. The molecule has 1 aromatic carbocycles. The minimum Gasteiger partial charge on any atom is -0.496 e. The standard InChI is InChI=1S/C25H27N5O3/c1-33-22-7-3-2-5-18(22)14-29-11-9-20-21(16-29)27-23(28-24(20)31)19-8-12-30(15-19)25(32)17-6-4-10-26-13-17/h2-7,10,13,19H,8-9,11-12,14-16H2,1H3,(H,27,28,31). The van der Waals surface area contributed by atoms with Crippen LogP contribution in [0.25, 0.3) is 0 Å². The van der Waals surface area contributed by atoms with E-state index >= 15 is 0 Å². The number of hydrogen-bond acceptors (Lipinski definition) is 6. The van der Waals surface area contributed by atoms with Gasteiger partial charge in [-0.2, -0.15) is 0 Å². The molecule has 1 saturated heterocycles. The van der Waals surface area contributed by atoms with Gasteiger partial charge >= 0.3 is 0 Å². The second-order valence-corrected chi connectivity index (χ2v) is 8.63. The monoisotopic (exact) mass is 445 g/mol. The van der Waals surface area contributed by atoms with Crippen molar-refractivity contribution in [2.75, 3.05) is 26.7 Å². The number of para-hydroxylation sites is 1. The number of carbonyl (C=O) groups excluding carboxylic acids is 1. The lowest BCUT2D eigenvalue weighted by Gasteiger charge is -2.28. The van der Waals surface area contributed by atoms with E-state index in [9.17, 15) is 9.59 Å². The van der Waals surface area contributed by atoms with Gasteiger partial charge in [-0.3, -0.25) is 19.5 Å². The Morgan fingerprint density at radius 3 is 2.91 bits per heavy atom. The first kappa shape index (κ1) is 21.3. The summed E-state index contributed by atoms with van der Waals surface area (Å²) in [5.41, 5.74) is 3.26. The number of likely N-dealkylation sites (tertiary alicyclic amines) is 1. The van der Waals surface area contributed by atoms with E-state index in [1.807, 2.05) is 23.1 Å². The highest BCUT2D eigenvalue weighted by molar-refractivity contribution is 5.94. The molecule has 0 aliphatic carbocycles. The Hall–Kier alpha value is -3.52. The zero-order valence-electron chi connectivity index (χ0n) is 18.7. The number of pyridine rings is 1. The van der Waals surface area contributed by atoms with Gasteiger partial charge in [0.25, 0.3) is 11.5 Å². The number of methoxy groups -OCH3 is 1. The number of ether oxygens (including phenoxy) is 1. The number of hydrogen-bond donors (Lipinski definition) is 1. The Bertz CT molecular complexity index is 1210. The molecule has 2 aliphatic rings. The van der Waals surface area contributed by atoms with Crippen LogP contribution in [0.4, 0.5) is 0 Å². The summed E-state index contributed by atoms with van der Waals surface area (Å²) in [7, 11) is 1.68. The highest BCUT2D eigenvalue weighted by atomic mass is 16.5. The lowest BCUT2D eigenvalue weighted by Crippen LogP contribution is -2.36. The molecule has 4 heterocycles. The van der Waals surface area contributed by atoms with Crippen molar-refractivity contribution in [1.29, 1.82) is 0 Å². The SMILES string of the molecule is COc1ccccc1CN1CCc2c(nc(C3CCN(C(=O)c4cccnc4)C3)[nH]c2=O)C1. The molecular weight excluding hydrogens is 418 g/mol. The lowest BCUT2D eigenvalue weighted by atomic mass is 10.0. The fourth-order valence-corrected chi connectivity index (χ4v) is 4.76. The number of aromatic amines is 1. The van der Waals surface area contributed by atoms with Gasteiger partial charge in [0.1, 0.15) is 11.6 Å². The van der Waals surface area contributed by atoms with Gasteiger partial charge in [-0.15, -0.1) is 0 Å². The summed E-state index contributed by atoms with van der Waals surface area (Å²) in [6.07, 6.45) is 4.69. The van der Waals surface area contributed by atoms with Gasteiger partial charge < -0.3 is 14.6 Å².